The minimum atomic E-state index is -5.08. The lowest BCUT2D eigenvalue weighted by atomic mass is 10.2. The van der Waals surface area contributed by atoms with Crippen LogP contribution in [0.25, 0.3) is 10.3 Å². The Labute approximate surface area is 169 Å². The Bertz CT molecular complexity index is 1090. The summed E-state index contributed by atoms with van der Waals surface area (Å²) < 4.78 is 67.7. The number of thiazole rings is 1. The Morgan fingerprint density at radius 1 is 1.17 bits per heavy atom. The lowest BCUT2D eigenvalue weighted by molar-refractivity contribution is -0.255. The van der Waals surface area contributed by atoms with Crippen molar-refractivity contribution >= 4 is 45.6 Å². The number of carbonyl (C=O) groups excluding carboxylic acids is 1. The number of alkyl halides is 5. The maximum absolute atomic E-state index is 13.3. The average Bonchev–Trinajstić information content (AvgIpc) is 2.97. The van der Waals surface area contributed by atoms with E-state index in [1.807, 2.05) is 0 Å². The number of H-pyrrole nitrogens is 1. The Balaban J connectivity index is 1.74. The standard InChI is InChI=1S/C17H12F5N3O2S2/c1-25(12-7-6-11-13(24-12)29-15(28)23-11)14(26)9-2-4-10(5-3-9)27-17(21,22)8-16(18,19)20/h2-7H,8H2,1H3,(H,23,28). The number of carbonyl (C=O) groups is 1. The number of nitrogens with zero attached hydrogens (tertiary/aromatic N) is 2. The van der Waals surface area contributed by atoms with Gasteiger partial charge in [0.1, 0.15) is 22.8 Å². The number of rotatable bonds is 5. The van der Waals surface area contributed by atoms with Crippen LogP contribution in [0.5, 0.6) is 5.75 Å². The molecule has 2 aromatic heterocycles. The van der Waals surface area contributed by atoms with Crippen LogP contribution in [0.1, 0.15) is 16.8 Å². The van der Waals surface area contributed by atoms with Gasteiger partial charge in [-0.1, -0.05) is 11.3 Å². The molecule has 0 aliphatic carbocycles. The van der Waals surface area contributed by atoms with Crippen molar-refractivity contribution in [2.24, 2.45) is 0 Å². The van der Waals surface area contributed by atoms with Gasteiger partial charge in [0.25, 0.3) is 5.91 Å². The first kappa shape index (κ1) is 21.1. The van der Waals surface area contributed by atoms with Crippen LogP contribution < -0.4 is 9.64 Å². The van der Waals surface area contributed by atoms with Crippen molar-refractivity contribution in [1.82, 2.24) is 9.97 Å². The maximum atomic E-state index is 13.3. The van der Waals surface area contributed by atoms with Crippen molar-refractivity contribution in [3.05, 3.63) is 45.9 Å². The van der Waals surface area contributed by atoms with E-state index in [1.54, 1.807) is 12.1 Å². The molecule has 5 nitrogen and oxygen atoms in total. The summed E-state index contributed by atoms with van der Waals surface area (Å²) in [6.07, 6.45) is -11.9. The normalized spacial score (nSPS) is 12.2. The molecular weight excluding hydrogens is 437 g/mol. The van der Waals surface area contributed by atoms with Crippen LogP contribution in [-0.2, 0) is 0 Å². The summed E-state index contributed by atoms with van der Waals surface area (Å²) in [6, 6.07) is 7.67. The van der Waals surface area contributed by atoms with Gasteiger partial charge in [-0.15, -0.1) is 0 Å². The molecule has 29 heavy (non-hydrogen) atoms. The highest BCUT2D eigenvalue weighted by atomic mass is 32.1. The molecule has 12 heteroatoms. The Morgan fingerprint density at radius 2 is 1.83 bits per heavy atom. The zero-order valence-electron chi connectivity index (χ0n) is 14.6. The third-order valence-corrected chi connectivity index (χ3v) is 4.84. The molecule has 3 aromatic rings. The molecule has 1 aromatic carbocycles. The predicted octanol–water partition coefficient (Wildman–Crippen LogP) is 5.55. The van der Waals surface area contributed by atoms with Crippen LogP contribution >= 0.6 is 23.6 Å². The Morgan fingerprint density at radius 3 is 2.45 bits per heavy atom. The van der Waals surface area contributed by atoms with E-state index >= 15 is 0 Å². The summed E-state index contributed by atoms with van der Waals surface area (Å²) in [5.41, 5.74) is 0.841. The van der Waals surface area contributed by atoms with Crippen molar-refractivity contribution in [2.75, 3.05) is 11.9 Å². The predicted molar refractivity (Wildman–Crippen MR) is 100 cm³/mol. The van der Waals surface area contributed by atoms with E-state index in [2.05, 4.69) is 14.7 Å². The molecule has 2 heterocycles. The van der Waals surface area contributed by atoms with Crippen molar-refractivity contribution in [2.45, 2.75) is 18.7 Å². The molecule has 3 rings (SSSR count). The molecule has 0 saturated heterocycles. The number of halogens is 5. The summed E-state index contributed by atoms with van der Waals surface area (Å²) in [7, 11) is 1.48. The van der Waals surface area contributed by atoms with E-state index in [9.17, 15) is 26.7 Å². The number of anilines is 1. The molecule has 0 aliphatic rings. The fourth-order valence-corrected chi connectivity index (χ4v) is 3.47. The number of ether oxygens (including phenoxy) is 1. The number of fused-ring (bicyclic) bond motifs is 1. The van der Waals surface area contributed by atoms with E-state index in [0.29, 0.717) is 14.6 Å². The van der Waals surface area contributed by atoms with Gasteiger partial charge in [0.15, 0.2) is 3.95 Å². The van der Waals surface area contributed by atoms with Crippen LogP contribution in [0, 0.1) is 3.95 Å². The van der Waals surface area contributed by atoms with E-state index in [4.69, 9.17) is 12.2 Å². The van der Waals surface area contributed by atoms with Crippen LogP contribution in [0.4, 0.5) is 27.8 Å². The summed E-state index contributed by atoms with van der Waals surface area (Å²) in [4.78, 5) is 21.7. The largest absolute Gasteiger partial charge is 0.432 e. The van der Waals surface area contributed by atoms with Crippen LogP contribution in [0.15, 0.2) is 36.4 Å². The molecule has 0 fully saturated rings. The molecular formula is C17H12F5N3O2S2. The number of nitrogens with one attached hydrogen (secondary N) is 1. The maximum Gasteiger partial charge on any atom is 0.406 e. The monoisotopic (exact) mass is 449 g/mol. The first-order chi connectivity index (χ1) is 13.4. The third-order valence-electron chi connectivity index (χ3n) is 3.69. The molecule has 0 atom stereocenters. The average molecular weight is 449 g/mol. The van der Waals surface area contributed by atoms with Gasteiger partial charge >= 0.3 is 12.3 Å². The van der Waals surface area contributed by atoms with Gasteiger partial charge in [-0.25, -0.2) is 4.98 Å². The molecule has 154 valence electrons. The zero-order valence-corrected chi connectivity index (χ0v) is 16.2. The number of aromatic nitrogens is 2. The number of pyridine rings is 1. The fraction of sp³-hybridized carbons (Fsp3) is 0.235. The summed E-state index contributed by atoms with van der Waals surface area (Å²) in [6.45, 7) is 0. The van der Waals surface area contributed by atoms with E-state index in [0.717, 1.165) is 17.6 Å². The second-order valence-electron chi connectivity index (χ2n) is 5.96. The number of hydrogen-bond donors (Lipinski definition) is 1. The summed E-state index contributed by atoms with van der Waals surface area (Å²) in [5, 5.41) is 0. The van der Waals surface area contributed by atoms with Crippen molar-refractivity contribution < 1.29 is 31.5 Å². The lowest BCUT2D eigenvalue weighted by Crippen LogP contribution is -2.31. The molecule has 0 aliphatic heterocycles. The minimum Gasteiger partial charge on any atom is -0.432 e. The fourth-order valence-electron chi connectivity index (χ4n) is 2.42. The summed E-state index contributed by atoms with van der Waals surface area (Å²) in [5.74, 6) is -0.653. The third kappa shape index (κ3) is 5.26. The number of aromatic amines is 1. The Hall–Kier alpha value is -2.60. The first-order valence-electron chi connectivity index (χ1n) is 7.95. The van der Waals surface area contributed by atoms with Gasteiger partial charge in [-0.05, 0) is 48.6 Å². The molecule has 1 amide bonds. The van der Waals surface area contributed by atoms with Crippen molar-refractivity contribution in [3.63, 3.8) is 0 Å². The topological polar surface area (TPSA) is 58.2 Å². The highest BCUT2D eigenvalue weighted by molar-refractivity contribution is 7.73. The molecule has 0 saturated carbocycles. The van der Waals surface area contributed by atoms with Crippen LogP contribution in [0.2, 0.25) is 0 Å². The van der Waals surface area contributed by atoms with Crippen molar-refractivity contribution in [1.29, 1.82) is 0 Å². The molecule has 1 N–H and O–H groups in total. The summed E-state index contributed by atoms with van der Waals surface area (Å²) >= 11 is 6.29. The molecule has 0 spiro atoms. The first-order valence-corrected chi connectivity index (χ1v) is 9.18. The second kappa shape index (κ2) is 7.67. The van der Waals surface area contributed by atoms with Gasteiger partial charge in [0, 0.05) is 12.6 Å². The lowest BCUT2D eigenvalue weighted by Gasteiger charge is -2.20. The number of benzene rings is 1. The second-order valence-corrected chi connectivity index (χ2v) is 7.62. The minimum absolute atomic E-state index is 0.114. The van der Waals surface area contributed by atoms with E-state index in [1.165, 1.54) is 35.4 Å². The van der Waals surface area contributed by atoms with Crippen LogP contribution in [-0.4, -0.2) is 35.2 Å². The number of amides is 1. The zero-order chi connectivity index (χ0) is 21.4. The molecule has 0 unspecified atom stereocenters. The number of hydrogen-bond acceptors (Lipinski definition) is 5. The smallest absolute Gasteiger partial charge is 0.406 e. The highest BCUT2D eigenvalue weighted by Gasteiger charge is 2.45. The highest BCUT2D eigenvalue weighted by Crippen LogP contribution is 2.33. The van der Waals surface area contributed by atoms with Gasteiger partial charge in [0.2, 0.25) is 0 Å². The van der Waals surface area contributed by atoms with Gasteiger partial charge < -0.3 is 9.72 Å². The molecule has 0 bridgehead atoms. The quantitative estimate of drug-likeness (QED) is 0.410. The van der Waals surface area contributed by atoms with E-state index in [-0.39, 0.29) is 5.56 Å². The van der Waals surface area contributed by atoms with Gasteiger partial charge in [-0.2, -0.15) is 22.0 Å². The Kier molecular flexibility index (Phi) is 5.59. The van der Waals surface area contributed by atoms with Crippen molar-refractivity contribution in [3.8, 4) is 5.75 Å². The SMILES string of the molecule is CN(C(=O)c1ccc(OC(F)(F)CC(F)(F)F)cc1)c1ccc2[nH]c(=S)sc2n1. The van der Waals surface area contributed by atoms with Gasteiger partial charge in [-0.3, -0.25) is 9.69 Å². The van der Waals surface area contributed by atoms with E-state index < -0.39 is 30.4 Å². The van der Waals surface area contributed by atoms with Crippen LogP contribution in [0.3, 0.4) is 0 Å². The van der Waals surface area contributed by atoms with Gasteiger partial charge in [0.05, 0.1) is 5.52 Å². The molecule has 0 radical (unpaired) electrons.